The Morgan fingerprint density at radius 1 is 1.23 bits per heavy atom. The standard InChI is InChI=1S/C17H24O5/c1-11-14(20-16-15(11)21-17(2,3)22-16)13(9-18)19-10-12-7-5-4-6-8-12/h4-8,11,13-16,18H,9-10H2,1-3H3/t11?,13-,14+,15+,16-/m1/s1. The SMILES string of the molecule is CC1[C@@H]2OC(C)(C)O[C@H]2O[C@@H]1[C@@H](CO)OCc1ccccc1. The van der Waals surface area contributed by atoms with Crippen molar-refractivity contribution in [2.45, 2.75) is 57.8 Å². The number of hydrogen-bond acceptors (Lipinski definition) is 5. The molecule has 2 heterocycles. The molecular weight excluding hydrogens is 284 g/mol. The second kappa shape index (κ2) is 6.26. The predicted octanol–water partition coefficient (Wildman–Crippen LogP) is 2.08. The van der Waals surface area contributed by atoms with Crippen LogP contribution in [0.25, 0.3) is 0 Å². The van der Waals surface area contributed by atoms with Gasteiger partial charge in [0.05, 0.1) is 19.3 Å². The van der Waals surface area contributed by atoms with Crippen molar-refractivity contribution in [3.8, 4) is 0 Å². The molecule has 1 unspecified atom stereocenters. The van der Waals surface area contributed by atoms with E-state index in [1.807, 2.05) is 44.2 Å². The third-order valence-corrected chi connectivity index (χ3v) is 4.27. The number of rotatable bonds is 5. The molecular formula is C17H24O5. The molecule has 0 spiro atoms. The summed E-state index contributed by atoms with van der Waals surface area (Å²) in [4.78, 5) is 0. The fourth-order valence-corrected chi connectivity index (χ4v) is 3.14. The third-order valence-electron chi connectivity index (χ3n) is 4.27. The minimum Gasteiger partial charge on any atom is -0.394 e. The van der Waals surface area contributed by atoms with Crippen LogP contribution in [0.1, 0.15) is 26.3 Å². The minimum atomic E-state index is -0.617. The van der Waals surface area contributed by atoms with Gasteiger partial charge in [-0.05, 0) is 19.4 Å². The fraction of sp³-hybridized carbons (Fsp3) is 0.647. The third kappa shape index (κ3) is 3.19. The summed E-state index contributed by atoms with van der Waals surface area (Å²) in [5.41, 5.74) is 1.07. The quantitative estimate of drug-likeness (QED) is 0.902. The van der Waals surface area contributed by atoms with Gasteiger partial charge in [0.15, 0.2) is 12.1 Å². The number of aliphatic hydroxyl groups is 1. The van der Waals surface area contributed by atoms with E-state index < -0.39 is 11.9 Å². The monoisotopic (exact) mass is 308 g/mol. The molecule has 1 aromatic rings. The van der Waals surface area contributed by atoms with Gasteiger partial charge in [-0.1, -0.05) is 37.3 Å². The van der Waals surface area contributed by atoms with Crippen LogP contribution in [-0.4, -0.2) is 42.1 Å². The smallest absolute Gasteiger partial charge is 0.187 e. The van der Waals surface area contributed by atoms with Crippen molar-refractivity contribution in [1.29, 1.82) is 0 Å². The lowest BCUT2D eigenvalue weighted by Crippen LogP contribution is -2.39. The Morgan fingerprint density at radius 2 is 1.95 bits per heavy atom. The van der Waals surface area contributed by atoms with E-state index in [1.54, 1.807) is 0 Å². The second-order valence-electron chi connectivity index (χ2n) is 6.45. The van der Waals surface area contributed by atoms with E-state index in [2.05, 4.69) is 6.92 Å². The first kappa shape index (κ1) is 15.9. The van der Waals surface area contributed by atoms with Gasteiger partial charge >= 0.3 is 0 Å². The molecule has 1 N–H and O–H groups in total. The van der Waals surface area contributed by atoms with Gasteiger partial charge in [-0.2, -0.15) is 0 Å². The molecule has 0 amide bonds. The molecule has 2 aliphatic heterocycles. The number of ether oxygens (including phenoxy) is 4. The van der Waals surface area contributed by atoms with E-state index in [0.717, 1.165) is 5.56 Å². The number of fused-ring (bicyclic) bond motifs is 1. The number of aliphatic hydroxyl groups excluding tert-OH is 1. The van der Waals surface area contributed by atoms with Crippen LogP contribution in [0.15, 0.2) is 30.3 Å². The lowest BCUT2D eigenvalue weighted by atomic mass is 9.97. The first-order chi connectivity index (χ1) is 10.5. The molecule has 5 heteroatoms. The van der Waals surface area contributed by atoms with Crippen LogP contribution in [0, 0.1) is 5.92 Å². The molecule has 0 radical (unpaired) electrons. The average Bonchev–Trinajstić information content (AvgIpc) is 2.95. The molecule has 122 valence electrons. The van der Waals surface area contributed by atoms with E-state index in [-0.39, 0.29) is 31.0 Å². The van der Waals surface area contributed by atoms with Crippen molar-refractivity contribution >= 4 is 0 Å². The summed E-state index contributed by atoms with van der Waals surface area (Å²) in [5.74, 6) is -0.520. The summed E-state index contributed by atoms with van der Waals surface area (Å²) in [6, 6.07) is 9.89. The van der Waals surface area contributed by atoms with Crippen LogP contribution in [0.4, 0.5) is 0 Å². The maximum atomic E-state index is 9.66. The lowest BCUT2D eigenvalue weighted by Gasteiger charge is -2.28. The van der Waals surface area contributed by atoms with Gasteiger partial charge in [-0.25, -0.2) is 0 Å². The highest BCUT2D eigenvalue weighted by molar-refractivity contribution is 5.13. The summed E-state index contributed by atoms with van der Waals surface area (Å²) in [6.45, 7) is 6.16. The Hall–Kier alpha value is -0.980. The normalized spacial score (nSPS) is 34.5. The van der Waals surface area contributed by atoms with E-state index in [1.165, 1.54) is 0 Å². The molecule has 0 bridgehead atoms. The molecule has 5 nitrogen and oxygen atoms in total. The number of hydrogen-bond donors (Lipinski definition) is 1. The van der Waals surface area contributed by atoms with Crippen LogP contribution in [0.2, 0.25) is 0 Å². The summed E-state index contributed by atoms with van der Waals surface area (Å²) in [7, 11) is 0. The van der Waals surface area contributed by atoms with Crippen molar-refractivity contribution < 1.29 is 24.1 Å². The predicted molar refractivity (Wildman–Crippen MR) is 80.0 cm³/mol. The molecule has 5 atom stereocenters. The van der Waals surface area contributed by atoms with Gasteiger partial charge in [0.25, 0.3) is 0 Å². The van der Waals surface area contributed by atoms with E-state index >= 15 is 0 Å². The summed E-state index contributed by atoms with van der Waals surface area (Å²) in [5, 5.41) is 9.66. The molecule has 2 aliphatic rings. The van der Waals surface area contributed by atoms with Crippen LogP contribution in [-0.2, 0) is 25.6 Å². The molecule has 2 fully saturated rings. The van der Waals surface area contributed by atoms with Gasteiger partial charge in [-0.3, -0.25) is 0 Å². The highest BCUT2D eigenvalue weighted by Gasteiger charge is 2.54. The zero-order chi connectivity index (χ0) is 15.7. The molecule has 2 saturated heterocycles. The van der Waals surface area contributed by atoms with Gasteiger partial charge in [0, 0.05) is 5.92 Å². The van der Waals surface area contributed by atoms with Gasteiger partial charge < -0.3 is 24.1 Å². The molecule has 3 rings (SSSR count). The second-order valence-corrected chi connectivity index (χ2v) is 6.45. The van der Waals surface area contributed by atoms with E-state index in [9.17, 15) is 5.11 Å². The topological polar surface area (TPSA) is 57.2 Å². The van der Waals surface area contributed by atoms with Gasteiger partial charge in [0.2, 0.25) is 0 Å². The highest BCUT2D eigenvalue weighted by Crippen LogP contribution is 2.41. The number of benzene rings is 1. The van der Waals surface area contributed by atoms with Crippen molar-refractivity contribution in [1.82, 2.24) is 0 Å². The lowest BCUT2D eigenvalue weighted by molar-refractivity contribution is -0.225. The highest BCUT2D eigenvalue weighted by atomic mass is 16.8. The van der Waals surface area contributed by atoms with Crippen LogP contribution in [0.5, 0.6) is 0 Å². The van der Waals surface area contributed by atoms with Crippen LogP contribution < -0.4 is 0 Å². The fourth-order valence-electron chi connectivity index (χ4n) is 3.14. The van der Waals surface area contributed by atoms with Crippen molar-refractivity contribution in [3.05, 3.63) is 35.9 Å². The van der Waals surface area contributed by atoms with E-state index in [4.69, 9.17) is 18.9 Å². The van der Waals surface area contributed by atoms with Crippen LogP contribution in [0.3, 0.4) is 0 Å². The molecule has 0 aliphatic carbocycles. The molecule has 1 aromatic carbocycles. The first-order valence-electron chi connectivity index (χ1n) is 7.77. The summed E-state index contributed by atoms with van der Waals surface area (Å²) < 4.78 is 23.4. The Labute approximate surface area is 131 Å². The van der Waals surface area contributed by atoms with Crippen molar-refractivity contribution in [2.24, 2.45) is 5.92 Å². The zero-order valence-corrected chi connectivity index (χ0v) is 13.3. The van der Waals surface area contributed by atoms with Crippen molar-refractivity contribution in [3.63, 3.8) is 0 Å². The Balaban J connectivity index is 1.61. The van der Waals surface area contributed by atoms with Crippen LogP contribution >= 0.6 is 0 Å². The summed E-state index contributed by atoms with van der Waals surface area (Å²) in [6.07, 6.45) is -1.13. The molecule has 0 aromatic heterocycles. The average molecular weight is 308 g/mol. The maximum absolute atomic E-state index is 9.66. The largest absolute Gasteiger partial charge is 0.394 e. The van der Waals surface area contributed by atoms with Crippen molar-refractivity contribution in [2.75, 3.05) is 6.61 Å². The Kier molecular flexibility index (Phi) is 4.52. The minimum absolute atomic E-state index is 0.0926. The molecule has 22 heavy (non-hydrogen) atoms. The Morgan fingerprint density at radius 3 is 2.59 bits per heavy atom. The molecule has 0 saturated carbocycles. The van der Waals surface area contributed by atoms with Gasteiger partial charge in [-0.15, -0.1) is 0 Å². The summed E-state index contributed by atoms with van der Waals surface area (Å²) >= 11 is 0. The zero-order valence-electron chi connectivity index (χ0n) is 13.3. The van der Waals surface area contributed by atoms with E-state index in [0.29, 0.717) is 6.61 Å². The Bertz CT molecular complexity index is 489. The maximum Gasteiger partial charge on any atom is 0.187 e. The first-order valence-corrected chi connectivity index (χ1v) is 7.77. The van der Waals surface area contributed by atoms with Gasteiger partial charge in [0.1, 0.15) is 12.2 Å².